The monoisotopic (exact) mass is 426 g/mol. The van der Waals surface area contributed by atoms with Crippen LogP contribution in [0.15, 0.2) is 18.2 Å². The van der Waals surface area contributed by atoms with E-state index < -0.39 is 10.0 Å². The summed E-state index contributed by atoms with van der Waals surface area (Å²) in [7, 11) is -3.23. The van der Waals surface area contributed by atoms with Gasteiger partial charge in [-0.1, -0.05) is 6.07 Å². The third-order valence-electron chi connectivity index (χ3n) is 6.59. The van der Waals surface area contributed by atoms with E-state index in [4.69, 9.17) is 16.3 Å². The summed E-state index contributed by atoms with van der Waals surface area (Å²) in [5.41, 5.74) is 2.72. The normalized spacial score (nSPS) is 28.3. The van der Waals surface area contributed by atoms with Gasteiger partial charge in [-0.05, 0) is 68.2 Å². The summed E-state index contributed by atoms with van der Waals surface area (Å²) in [4.78, 5) is 2.58. The van der Waals surface area contributed by atoms with Gasteiger partial charge in [0.2, 0.25) is 10.0 Å². The Morgan fingerprint density at radius 2 is 2.14 bits per heavy atom. The first kappa shape index (κ1) is 20.5. The highest BCUT2D eigenvalue weighted by atomic mass is 35.5. The molecule has 0 radical (unpaired) electrons. The van der Waals surface area contributed by atoms with Gasteiger partial charge < -0.3 is 4.74 Å². The van der Waals surface area contributed by atoms with Gasteiger partial charge in [0.25, 0.3) is 0 Å². The maximum atomic E-state index is 13.0. The lowest BCUT2D eigenvalue weighted by Crippen LogP contribution is -2.57. The molecule has 7 heteroatoms. The minimum Gasteiger partial charge on any atom is -0.494 e. The molecular formula is C21H31ClN2O3S. The summed E-state index contributed by atoms with van der Waals surface area (Å²) in [6.45, 7) is 5.39. The standard InChI is InChI=1S/C21H31ClN2O3S/c1-2-27-18-6-7-19-16(13-18)8-11-23-15-17-5-3-10-24(20(17)14-21(19)23)28(25,26)12-4-9-22/h6-7,13,17,20-21H,2-5,8-12,14-15H2,1H3/t17-,20+,21+/m1/s1. The summed E-state index contributed by atoms with van der Waals surface area (Å²) >= 11 is 5.77. The van der Waals surface area contributed by atoms with Crippen LogP contribution in [0.3, 0.4) is 0 Å². The molecule has 4 rings (SSSR count). The molecule has 3 heterocycles. The molecule has 0 aromatic heterocycles. The molecule has 0 amide bonds. The molecule has 0 aliphatic carbocycles. The smallest absolute Gasteiger partial charge is 0.214 e. The van der Waals surface area contributed by atoms with Crippen LogP contribution in [-0.4, -0.2) is 61.5 Å². The predicted molar refractivity (Wildman–Crippen MR) is 113 cm³/mol. The lowest BCUT2D eigenvalue weighted by Gasteiger charge is -2.51. The molecule has 156 valence electrons. The maximum absolute atomic E-state index is 13.0. The van der Waals surface area contributed by atoms with E-state index >= 15 is 0 Å². The Morgan fingerprint density at radius 3 is 2.93 bits per heavy atom. The highest BCUT2D eigenvalue weighted by Crippen LogP contribution is 2.44. The molecule has 28 heavy (non-hydrogen) atoms. The van der Waals surface area contributed by atoms with Crippen LogP contribution in [-0.2, 0) is 16.4 Å². The molecule has 0 N–H and O–H groups in total. The highest BCUT2D eigenvalue weighted by molar-refractivity contribution is 7.89. The molecular weight excluding hydrogens is 396 g/mol. The van der Waals surface area contributed by atoms with Crippen molar-refractivity contribution in [3.63, 3.8) is 0 Å². The second-order valence-electron chi connectivity index (χ2n) is 8.23. The first-order valence-electron chi connectivity index (χ1n) is 10.6. The Balaban J connectivity index is 1.59. The summed E-state index contributed by atoms with van der Waals surface area (Å²) in [6, 6.07) is 6.87. The highest BCUT2D eigenvalue weighted by Gasteiger charge is 2.45. The number of sulfonamides is 1. The van der Waals surface area contributed by atoms with Crippen molar-refractivity contribution in [2.45, 2.75) is 51.1 Å². The van der Waals surface area contributed by atoms with E-state index in [9.17, 15) is 8.42 Å². The molecule has 2 fully saturated rings. The van der Waals surface area contributed by atoms with Crippen molar-refractivity contribution < 1.29 is 13.2 Å². The van der Waals surface area contributed by atoms with Gasteiger partial charge in [0, 0.05) is 37.6 Å². The Morgan fingerprint density at radius 1 is 1.29 bits per heavy atom. The lowest BCUT2D eigenvalue weighted by molar-refractivity contribution is 0.0219. The zero-order valence-electron chi connectivity index (χ0n) is 16.6. The molecule has 0 spiro atoms. The SMILES string of the molecule is CCOc1ccc2c(c1)CCN1C[C@H]3CCCN(S(=O)(=O)CCCCl)[C@H]3C[C@@H]21. The predicted octanol–water partition coefficient (Wildman–Crippen LogP) is 3.43. The number of piperidine rings is 2. The topological polar surface area (TPSA) is 49.9 Å². The van der Waals surface area contributed by atoms with Gasteiger partial charge >= 0.3 is 0 Å². The van der Waals surface area contributed by atoms with Crippen LogP contribution in [0.4, 0.5) is 0 Å². The van der Waals surface area contributed by atoms with E-state index in [1.54, 1.807) is 0 Å². The van der Waals surface area contributed by atoms with Crippen molar-refractivity contribution in [1.82, 2.24) is 9.21 Å². The van der Waals surface area contributed by atoms with Crippen LogP contribution in [0.5, 0.6) is 5.75 Å². The van der Waals surface area contributed by atoms with Crippen LogP contribution < -0.4 is 4.74 Å². The molecule has 3 atom stereocenters. The number of rotatable bonds is 6. The van der Waals surface area contributed by atoms with Gasteiger partial charge in [-0.15, -0.1) is 11.6 Å². The van der Waals surface area contributed by atoms with E-state index in [0.29, 0.717) is 37.4 Å². The van der Waals surface area contributed by atoms with Gasteiger partial charge in [-0.25, -0.2) is 8.42 Å². The van der Waals surface area contributed by atoms with Crippen LogP contribution >= 0.6 is 11.6 Å². The summed E-state index contributed by atoms with van der Waals surface area (Å²) in [6.07, 6.45) is 4.56. The minimum atomic E-state index is -3.23. The quantitative estimate of drug-likeness (QED) is 0.654. The Kier molecular flexibility index (Phi) is 6.21. The van der Waals surface area contributed by atoms with Crippen LogP contribution in [0.1, 0.15) is 49.8 Å². The van der Waals surface area contributed by atoms with Gasteiger partial charge in [0.05, 0.1) is 12.4 Å². The number of hydrogen-bond donors (Lipinski definition) is 0. The zero-order valence-corrected chi connectivity index (χ0v) is 18.2. The fourth-order valence-electron chi connectivity index (χ4n) is 5.35. The average Bonchev–Trinajstić information content (AvgIpc) is 2.70. The third-order valence-corrected chi connectivity index (χ3v) is 8.83. The number of hydrogen-bond acceptors (Lipinski definition) is 4. The van der Waals surface area contributed by atoms with E-state index in [1.165, 1.54) is 11.1 Å². The van der Waals surface area contributed by atoms with E-state index in [2.05, 4.69) is 23.1 Å². The van der Waals surface area contributed by atoms with Crippen molar-refractivity contribution in [3.8, 4) is 5.75 Å². The average molecular weight is 427 g/mol. The molecule has 1 aromatic rings. The number of ether oxygens (including phenoxy) is 1. The first-order chi connectivity index (χ1) is 13.5. The largest absolute Gasteiger partial charge is 0.494 e. The molecule has 2 saturated heterocycles. The lowest BCUT2D eigenvalue weighted by atomic mass is 9.77. The van der Waals surface area contributed by atoms with E-state index in [1.807, 2.05) is 11.2 Å². The van der Waals surface area contributed by atoms with Gasteiger partial charge in [0.15, 0.2) is 0 Å². The second kappa shape index (κ2) is 8.50. The van der Waals surface area contributed by atoms with Crippen molar-refractivity contribution in [2.24, 2.45) is 5.92 Å². The first-order valence-corrected chi connectivity index (χ1v) is 12.7. The van der Waals surface area contributed by atoms with Gasteiger partial charge in [-0.2, -0.15) is 4.31 Å². The number of benzene rings is 1. The third kappa shape index (κ3) is 3.93. The second-order valence-corrected chi connectivity index (χ2v) is 10.6. The van der Waals surface area contributed by atoms with Crippen molar-refractivity contribution in [1.29, 1.82) is 0 Å². The van der Waals surface area contributed by atoms with E-state index in [-0.39, 0.29) is 11.8 Å². The van der Waals surface area contributed by atoms with Crippen molar-refractivity contribution in [2.75, 3.05) is 37.9 Å². The minimum absolute atomic E-state index is 0.118. The van der Waals surface area contributed by atoms with Crippen molar-refractivity contribution in [3.05, 3.63) is 29.3 Å². The molecule has 3 aliphatic rings. The maximum Gasteiger partial charge on any atom is 0.214 e. The van der Waals surface area contributed by atoms with Crippen LogP contribution in [0.25, 0.3) is 0 Å². The summed E-state index contributed by atoms with van der Waals surface area (Å²) < 4.78 is 33.4. The zero-order chi connectivity index (χ0) is 19.7. The van der Waals surface area contributed by atoms with Crippen LogP contribution in [0.2, 0.25) is 0 Å². The van der Waals surface area contributed by atoms with Crippen LogP contribution in [0, 0.1) is 5.92 Å². The molecule has 0 unspecified atom stereocenters. The molecule has 0 saturated carbocycles. The Hall–Kier alpha value is -0.820. The molecule has 5 nitrogen and oxygen atoms in total. The van der Waals surface area contributed by atoms with Gasteiger partial charge in [-0.3, -0.25) is 4.90 Å². The van der Waals surface area contributed by atoms with Gasteiger partial charge in [0.1, 0.15) is 5.75 Å². The fraction of sp³-hybridized carbons (Fsp3) is 0.714. The molecule has 0 bridgehead atoms. The number of fused-ring (bicyclic) bond motifs is 4. The molecule has 1 aromatic carbocycles. The Labute approximate surface area is 174 Å². The molecule has 3 aliphatic heterocycles. The van der Waals surface area contributed by atoms with E-state index in [0.717, 1.165) is 44.5 Å². The fourth-order valence-corrected chi connectivity index (χ4v) is 7.46. The number of alkyl halides is 1. The summed E-state index contributed by atoms with van der Waals surface area (Å²) in [5, 5.41) is 0. The van der Waals surface area contributed by atoms with Crippen molar-refractivity contribution >= 4 is 21.6 Å². The number of nitrogens with zero attached hydrogens (tertiary/aromatic N) is 2. The number of halogens is 1. The summed E-state index contributed by atoms with van der Waals surface area (Å²) in [5.74, 6) is 1.95. The Bertz CT molecular complexity index is 801.